The Morgan fingerprint density at radius 2 is 1.96 bits per heavy atom. The zero-order chi connectivity index (χ0) is 19.5. The summed E-state index contributed by atoms with van der Waals surface area (Å²) in [7, 11) is 1.29. The monoisotopic (exact) mass is 393 g/mol. The maximum absolute atomic E-state index is 12.5. The number of benzene rings is 2. The van der Waals surface area contributed by atoms with E-state index in [9.17, 15) is 9.59 Å². The number of hydrogen-bond acceptors (Lipinski definition) is 7. The second-order valence-electron chi connectivity index (χ2n) is 5.92. The molecule has 0 saturated carbocycles. The molecule has 0 spiro atoms. The highest BCUT2D eigenvalue weighted by molar-refractivity contribution is 7.13. The molecule has 0 bridgehead atoms. The van der Waals surface area contributed by atoms with Gasteiger partial charge in [-0.2, -0.15) is 0 Å². The van der Waals surface area contributed by atoms with Crippen molar-refractivity contribution >= 4 is 28.3 Å². The van der Waals surface area contributed by atoms with Crippen molar-refractivity contribution in [3.8, 4) is 27.6 Å². The molecule has 4 rings (SSSR count). The van der Waals surface area contributed by atoms with Gasteiger partial charge in [0.1, 0.15) is 16.3 Å². The minimum absolute atomic E-state index is 0.217. The first-order valence-corrected chi connectivity index (χ1v) is 9.31. The van der Waals surface area contributed by atoms with E-state index in [1.807, 2.05) is 35.7 Å². The van der Waals surface area contributed by atoms with E-state index < -0.39 is 11.6 Å². The molecular formula is C21H15NO5S. The van der Waals surface area contributed by atoms with Crippen LogP contribution >= 0.6 is 11.3 Å². The van der Waals surface area contributed by atoms with Crippen molar-refractivity contribution in [3.63, 3.8) is 0 Å². The molecule has 2 aromatic heterocycles. The molecule has 2 aromatic carbocycles. The summed E-state index contributed by atoms with van der Waals surface area (Å²) < 4.78 is 15.3. The highest BCUT2D eigenvalue weighted by atomic mass is 32.1. The van der Waals surface area contributed by atoms with Crippen molar-refractivity contribution in [2.24, 2.45) is 0 Å². The second-order valence-corrected chi connectivity index (χ2v) is 6.77. The van der Waals surface area contributed by atoms with E-state index in [1.54, 1.807) is 24.3 Å². The molecule has 0 aliphatic heterocycles. The molecule has 0 atom stereocenters. The zero-order valence-electron chi connectivity index (χ0n) is 14.9. The Morgan fingerprint density at radius 3 is 2.75 bits per heavy atom. The molecule has 0 unspecified atom stereocenters. The van der Waals surface area contributed by atoms with E-state index >= 15 is 0 Å². The molecule has 0 amide bonds. The van der Waals surface area contributed by atoms with Gasteiger partial charge in [0.25, 0.3) is 0 Å². The molecular weight excluding hydrogens is 378 g/mol. The number of thiazole rings is 1. The lowest BCUT2D eigenvalue weighted by atomic mass is 10.1. The average Bonchev–Trinajstić information content (AvgIpc) is 3.22. The first-order valence-electron chi connectivity index (χ1n) is 8.43. The maximum atomic E-state index is 12.5. The summed E-state index contributed by atoms with van der Waals surface area (Å²) in [5.74, 6) is -0.0801. The number of carbonyl (C=O) groups is 1. The van der Waals surface area contributed by atoms with Crippen LogP contribution in [0.5, 0.6) is 5.75 Å². The molecule has 140 valence electrons. The molecule has 2 heterocycles. The van der Waals surface area contributed by atoms with Gasteiger partial charge in [-0.25, -0.2) is 14.6 Å². The smallest absolute Gasteiger partial charge is 0.345 e. The van der Waals surface area contributed by atoms with Crippen molar-refractivity contribution in [3.05, 3.63) is 70.4 Å². The quantitative estimate of drug-likeness (QED) is 0.375. The number of rotatable bonds is 5. The summed E-state index contributed by atoms with van der Waals surface area (Å²) in [6.45, 7) is -0.217. The van der Waals surface area contributed by atoms with Gasteiger partial charge in [0, 0.05) is 22.4 Å². The number of fused-ring (bicyclic) bond motifs is 1. The third-order valence-electron chi connectivity index (χ3n) is 4.09. The van der Waals surface area contributed by atoms with Gasteiger partial charge in [0.2, 0.25) is 0 Å². The Morgan fingerprint density at radius 1 is 1.14 bits per heavy atom. The predicted molar refractivity (Wildman–Crippen MR) is 107 cm³/mol. The number of nitrogens with zero attached hydrogens (tertiary/aromatic N) is 1. The predicted octanol–water partition coefficient (Wildman–Crippen LogP) is 4.14. The SMILES string of the molecule is COC(=O)COc1ccc2cc(-c3csc(-c4ccccc4)n3)c(=O)oc2c1. The van der Waals surface area contributed by atoms with Gasteiger partial charge in [-0.15, -0.1) is 11.3 Å². The largest absolute Gasteiger partial charge is 0.482 e. The molecule has 0 radical (unpaired) electrons. The van der Waals surface area contributed by atoms with E-state index in [4.69, 9.17) is 9.15 Å². The van der Waals surface area contributed by atoms with Crippen LogP contribution in [0.1, 0.15) is 0 Å². The summed E-state index contributed by atoms with van der Waals surface area (Å²) in [4.78, 5) is 28.2. The fourth-order valence-electron chi connectivity index (χ4n) is 2.67. The number of hydrogen-bond donors (Lipinski definition) is 0. The van der Waals surface area contributed by atoms with Gasteiger partial charge >= 0.3 is 11.6 Å². The number of aromatic nitrogens is 1. The van der Waals surface area contributed by atoms with Gasteiger partial charge in [-0.1, -0.05) is 30.3 Å². The van der Waals surface area contributed by atoms with Crippen LogP contribution in [0.4, 0.5) is 0 Å². The van der Waals surface area contributed by atoms with E-state index in [0.29, 0.717) is 22.6 Å². The standard InChI is InChI=1S/C21H15NO5S/c1-25-19(23)11-26-15-8-7-14-9-16(21(24)27-18(14)10-15)17-12-28-20(22-17)13-5-3-2-4-6-13/h2-10,12H,11H2,1H3. The van der Waals surface area contributed by atoms with Crippen LogP contribution in [-0.4, -0.2) is 24.7 Å². The zero-order valence-corrected chi connectivity index (χ0v) is 15.7. The number of ether oxygens (including phenoxy) is 2. The van der Waals surface area contributed by atoms with Crippen LogP contribution in [-0.2, 0) is 9.53 Å². The number of carbonyl (C=O) groups excluding carboxylic acids is 1. The van der Waals surface area contributed by atoms with E-state index in [2.05, 4.69) is 9.72 Å². The number of esters is 1. The normalized spacial score (nSPS) is 10.8. The summed E-state index contributed by atoms with van der Waals surface area (Å²) in [5.41, 5.74) is 1.85. The first-order chi connectivity index (χ1) is 13.6. The van der Waals surface area contributed by atoms with Crippen molar-refractivity contribution < 1.29 is 18.7 Å². The first kappa shape index (κ1) is 17.9. The molecule has 0 aliphatic carbocycles. The molecule has 28 heavy (non-hydrogen) atoms. The summed E-state index contributed by atoms with van der Waals surface area (Å²) in [5, 5.41) is 3.41. The molecule has 0 fully saturated rings. The minimum atomic E-state index is -0.491. The third-order valence-corrected chi connectivity index (χ3v) is 4.98. The topological polar surface area (TPSA) is 78.6 Å². The van der Waals surface area contributed by atoms with E-state index in [0.717, 1.165) is 16.0 Å². The molecule has 0 N–H and O–H groups in total. The molecule has 0 saturated heterocycles. The van der Waals surface area contributed by atoms with E-state index in [1.165, 1.54) is 18.4 Å². The van der Waals surface area contributed by atoms with Crippen LogP contribution < -0.4 is 10.4 Å². The lowest BCUT2D eigenvalue weighted by Gasteiger charge is -2.06. The van der Waals surface area contributed by atoms with Crippen LogP contribution in [0.3, 0.4) is 0 Å². The van der Waals surface area contributed by atoms with Crippen LogP contribution in [0, 0.1) is 0 Å². The fourth-order valence-corrected chi connectivity index (χ4v) is 3.50. The Bertz CT molecular complexity index is 1200. The molecule has 7 heteroatoms. The fraction of sp³-hybridized carbons (Fsp3) is 0.0952. The average molecular weight is 393 g/mol. The van der Waals surface area contributed by atoms with Gasteiger partial charge in [-0.05, 0) is 18.2 Å². The lowest BCUT2D eigenvalue weighted by molar-refractivity contribution is -0.142. The van der Waals surface area contributed by atoms with Gasteiger partial charge in [0.15, 0.2) is 6.61 Å². The molecule has 6 nitrogen and oxygen atoms in total. The van der Waals surface area contributed by atoms with Gasteiger partial charge in [-0.3, -0.25) is 0 Å². The lowest BCUT2D eigenvalue weighted by Crippen LogP contribution is -2.12. The van der Waals surface area contributed by atoms with Crippen LogP contribution in [0.15, 0.2) is 69.2 Å². The number of methoxy groups -OCH3 is 1. The Hall–Kier alpha value is -3.45. The molecule has 0 aliphatic rings. The van der Waals surface area contributed by atoms with Crippen LogP contribution in [0.25, 0.3) is 32.8 Å². The second kappa shape index (κ2) is 7.66. The Labute approximate surface area is 164 Å². The Kier molecular flexibility index (Phi) is 4.90. The highest BCUT2D eigenvalue weighted by Gasteiger charge is 2.13. The van der Waals surface area contributed by atoms with E-state index in [-0.39, 0.29) is 6.61 Å². The molecule has 4 aromatic rings. The minimum Gasteiger partial charge on any atom is -0.482 e. The van der Waals surface area contributed by atoms with Gasteiger partial charge in [0.05, 0.1) is 18.4 Å². The summed E-state index contributed by atoms with van der Waals surface area (Å²) in [6, 6.07) is 16.6. The summed E-state index contributed by atoms with van der Waals surface area (Å²) in [6.07, 6.45) is 0. The third kappa shape index (κ3) is 3.65. The van der Waals surface area contributed by atoms with Crippen molar-refractivity contribution in [1.82, 2.24) is 4.98 Å². The Balaban J connectivity index is 1.66. The van der Waals surface area contributed by atoms with Crippen molar-refractivity contribution in [2.45, 2.75) is 0 Å². The summed E-state index contributed by atoms with van der Waals surface area (Å²) >= 11 is 1.47. The highest BCUT2D eigenvalue weighted by Crippen LogP contribution is 2.29. The van der Waals surface area contributed by atoms with Crippen LogP contribution in [0.2, 0.25) is 0 Å². The van der Waals surface area contributed by atoms with Crippen molar-refractivity contribution in [1.29, 1.82) is 0 Å². The maximum Gasteiger partial charge on any atom is 0.345 e. The van der Waals surface area contributed by atoms with Crippen molar-refractivity contribution in [2.75, 3.05) is 13.7 Å². The van der Waals surface area contributed by atoms with Gasteiger partial charge < -0.3 is 13.9 Å².